The largest absolute Gasteiger partial charge is 0.298 e. The van der Waals surface area contributed by atoms with Crippen molar-refractivity contribution in [3.05, 3.63) is 64.2 Å². The zero-order chi connectivity index (χ0) is 13.8. The summed E-state index contributed by atoms with van der Waals surface area (Å²) in [5.74, 6) is 0.945. The molecule has 0 saturated heterocycles. The Morgan fingerprint density at radius 3 is 2.37 bits per heavy atom. The molecule has 0 bridgehead atoms. The van der Waals surface area contributed by atoms with E-state index in [1.807, 2.05) is 18.2 Å². The first-order chi connectivity index (χ1) is 9.10. The highest BCUT2D eigenvalue weighted by Crippen LogP contribution is 2.27. The standard InChI is InChI=1S/C17H18OS/c1-12-7-13(2)17(14(3)8-12)11-19-16-6-4-5-15(9-16)10-18/h4-10H,11H2,1-3H3. The van der Waals surface area contributed by atoms with Gasteiger partial charge in [-0.1, -0.05) is 29.8 Å². The van der Waals surface area contributed by atoms with Crippen LogP contribution in [0.4, 0.5) is 0 Å². The van der Waals surface area contributed by atoms with Crippen molar-refractivity contribution in [1.29, 1.82) is 0 Å². The predicted octanol–water partition coefficient (Wildman–Crippen LogP) is 4.72. The van der Waals surface area contributed by atoms with E-state index in [2.05, 4.69) is 39.0 Å². The molecule has 98 valence electrons. The van der Waals surface area contributed by atoms with Crippen molar-refractivity contribution in [1.82, 2.24) is 0 Å². The maximum absolute atomic E-state index is 10.8. The number of rotatable bonds is 4. The van der Waals surface area contributed by atoms with Gasteiger partial charge in [0.1, 0.15) is 6.29 Å². The first kappa shape index (κ1) is 13.9. The van der Waals surface area contributed by atoms with Gasteiger partial charge in [-0.3, -0.25) is 4.79 Å². The van der Waals surface area contributed by atoms with Crippen molar-refractivity contribution < 1.29 is 4.79 Å². The minimum atomic E-state index is 0.738. The van der Waals surface area contributed by atoms with Gasteiger partial charge in [0.15, 0.2) is 0 Å². The van der Waals surface area contributed by atoms with Crippen LogP contribution in [-0.4, -0.2) is 6.29 Å². The van der Waals surface area contributed by atoms with Gasteiger partial charge in [-0.25, -0.2) is 0 Å². The number of thioether (sulfide) groups is 1. The molecule has 0 aliphatic carbocycles. The Hall–Kier alpha value is -1.54. The van der Waals surface area contributed by atoms with E-state index in [0.717, 1.165) is 22.5 Å². The summed E-state index contributed by atoms with van der Waals surface area (Å²) in [6, 6.07) is 12.2. The number of aldehydes is 1. The van der Waals surface area contributed by atoms with Crippen LogP contribution < -0.4 is 0 Å². The Morgan fingerprint density at radius 1 is 1.05 bits per heavy atom. The summed E-state index contributed by atoms with van der Waals surface area (Å²) >= 11 is 1.78. The fourth-order valence-electron chi connectivity index (χ4n) is 2.27. The van der Waals surface area contributed by atoms with Gasteiger partial charge in [0.2, 0.25) is 0 Å². The monoisotopic (exact) mass is 270 g/mol. The molecule has 0 saturated carbocycles. The first-order valence-corrected chi connectivity index (χ1v) is 7.33. The van der Waals surface area contributed by atoms with E-state index in [1.165, 1.54) is 22.3 Å². The molecular weight excluding hydrogens is 252 g/mol. The molecule has 19 heavy (non-hydrogen) atoms. The lowest BCUT2D eigenvalue weighted by Crippen LogP contribution is -1.93. The van der Waals surface area contributed by atoms with E-state index in [9.17, 15) is 4.79 Å². The fraction of sp³-hybridized carbons (Fsp3) is 0.235. The van der Waals surface area contributed by atoms with Crippen LogP contribution in [0.1, 0.15) is 32.6 Å². The molecule has 1 nitrogen and oxygen atoms in total. The third kappa shape index (κ3) is 3.48. The van der Waals surface area contributed by atoms with Crippen molar-refractivity contribution in [2.24, 2.45) is 0 Å². The third-order valence-corrected chi connectivity index (χ3v) is 4.24. The quantitative estimate of drug-likeness (QED) is 0.591. The van der Waals surface area contributed by atoms with E-state index in [4.69, 9.17) is 0 Å². The minimum absolute atomic E-state index is 0.738. The molecule has 2 aromatic carbocycles. The van der Waals surface area contributed by atoms with Gasteiger partial charge >= 0.3 is 0 Å². The van der Waals surface area contributed by atoms with Gasteiger partial charge in [0.05, 0.1) is 0 Å². The highest BCUT2D eigenvalue weighted by atomic mass is 32.2. The Bertz CT molecular complexity index is 579. The lowest BCUT2D eigenvalue weighted by Gasteiger charge is -2.11. The van der Waals surface area contributed by atoms with E-state index in [0.29, 0.717) is 0 Å². The highest BCUT2D eigenvalue weighted by molar-refractivity contribution is 7.98. The molecule has 0 aliphatic heterocycles. The minimum Gasteiger partial charge on any atom is -0.298 e. The Kier molecular flexibility index (Phi) is 4.43. The predicted molar refractivity (Wildman–Crippen MR) is 82.0 cm³/mol. The van der Waals surface area contributed by atoms with Crippen LogP contribution in [0.5, 0.6) is 0 Å². The molecule has 0 fully saturated rings. The second kappa shape index (κ2) is 6.07. The molecule has 0 spiro atoms. The molecule has 2 aromatic rings. The molecule has 0 aliphatic rings. The topological polar surface area (TPSA) is 17.1 Å². The van der Waals surface area contributed by atoms with Crippen molar-refractivity contribution in [2.45, 2.75) is 31.4 Å². The zero-order valence-electron chi connectivity index (χ0n) is 11.6. The number of hydrogen-bond acceptors (Lipinski definition) is 2. The number of carbonyl (C=O) groups excluding carboxylic acids is 1. The molecule has 0 N–H and O–H groups in total. The molecular formula is C17H18OS. The van der Waals surface area contributed by atoms with E-state index in [-0.39, 0.29) is 0 Å². The van der Waals surface area contributed by atoms with Gasteiger partial charge in [0.25, 0.3) is 0 Å². The zero-order valence-corrected chi connectivity index (χ0v) is 12.4. The van der Waals surface area contributed by atoms with Crippen molar-refractivity contribution in [2.75, 3.05) is 0 Å². The summed E-state index contributed by atoms with van der Waals surface area (Å²) in [6.45, 7) is 6.46. The summed E-state index contributed by atoms with van der Waals surface area (Å²) < 4.78 is 0. The molecule has 0 heterocycles. The molecule has 0 amide bonds. The number of hydrogen-bond donors (Lipinski definition) is 0. The van der Waals surface area contributed by atoms with Gasteiger partial charge in [-0.2, -0.15) is 0 Å². The summed E-state index contributed by atoms with van der Waals surface area (Å²) in [6.07, 6.45) is 0.895. The van der Waals surface area contributed by atoms with Gasteiger partial charge in [0, 0.05) is 16.2 Å². The summed E-state index contributed by atoms with van der Waals surface area (Å²) in [5, 5.41) is 0. The molecule has 2 heteroatoms. The van der Waals surface area contributed by atoms with Crippen LogP contribution in [0.25, 0.3) is 0 Å². The summed E-state index contributed by atoms with van der Waals surface area (Å²) in [4.78, 5) is 11.9. The molecule has 0 atom stereocenters. The maximum Gasteiger partial charge on any atom is 0.150 e. The average Bonchev–Trinajstić information content (AvgIpc) is 2.37. The molecule has 2 rings (SSSR count). The van der Waals surface area contributed by atoms with E-state index < -0.39 is 0 Å². The molecule has 0 aromatic heterocycles. The number of carbonyl (C=O) groups is 1. The second-order valence-electron chi connectivity index (χ2n) is 4.86. The van der Waals surface area contributed by atoms with Crippen molar-refractivity contribution in [3.63, 3.8) is 0 Å². The van der Waals surface area contributed by atoms with Crippen molar-refractivity contribution in [3.8, 4) is 0 Å². The van der Waals surface area contributed by atoms with Gasteiger partial charge in [-0.15, -0.1) is 11.8 Å². The SMILES string of the molecule is Cc1cc(C)c(CSc2cccc(C=O)c2)c(C)c1. The van der Waals surface area contributed by atoms with Crippen LogP contribution in [0.2, 0.25) is 0 Å². The van der Waals surface area contributed by atoms with Crippen LogP contribution in [0, 0.1) is 20.8 Å². The number of aryl methyl sites for hydroxylation is 3. The average molecular weight is 270 g/mol. The van der Waals surface area contributed by atoms with Crippen LogP contribution >= 0.6 is 11.8 Å². The van der Waals surface area contributed by atoms with Crippen molar-refractivity contribution >= 4 is 18.0 Å². The fourth-order valence-corrected chi connectivity index (χ4v) is 3.43. The smallest absolute Gasteiger partial charge is 0.150 e. The summed E-state index contributed by atoms with van der Waals surface area (Å²) in [5.41, 5.74) is 6.13. The Balaban J connectivity index is 2.16. The lowest BCUT2D eigenvalue weighted by molar-refractivity contribution is 0.112. The van der Waals surface area contributed by atoms with E-state index >= 15 is 0 Å². The van der Waals surface area contributed by atoms with E-state index in [1.54, 1.807) is 11.8 Å². The van der Waals surface area contributed by atoms with Gasteiger partial charge in [-0.05, 0) is 49.6 Å². The van der Waals surface area contributed by atoms with Crippen LogP contribution in [-0.2, 0) is 5.75 Å². The Labute approximate surface area is 119 Å². The normalized spacial score (nSPS) is 10.5. The molecule has 0 radical (unpaired) electrons. The first-order valence-electron chi connectivity index (χ1n) is 6.35. The van der Waals surface area contributed by atoms with Gasteiger partial charge < -0.3 is 0 Å². The highest BCUT2D eigenvalue weighted by Gasteiger charge is 2.05. The van der Waals surface area contributed by atoms with Crippen LogP contribution in [0.3, 0.4) is 0 Å². The Morgan fingerprint density at radius 2 is 1.74 bits per heavy atom. The van der Waals surface area contributed by atoms with Crippen LogP contribution in [0.15, 0.2) is 41.3 Å². The lowest BCUT2D eigenvalue weighted by atomic mass is 10.0. The maximum atomic E-state index is 10.8. The second-order valence-corrected chi connectivity index (χ2v) is 5.91. The molecule has 0 unspecified atom stereocenters. The summed E-state index contributed by atoms with van der Waals surface area (Å²) in [7, 11) is 0. The number of benzene rings is 2. The third-order valence-electron chi connectivity index (χ3n) is 3.22.